The van der Waals surface area contributed by atoms with E-state index < -0.39 is 5.91 Å². The first-order valence-corrected chi connectivity index (χ1v) is 7.07. The minimum absolute atomic E-state index is 0.0151. The monoisotopic (exact) mass is 275 g/mol. The van der Waals surface area contributed by atoms with E-state index in [4.69, 9.17) is 5.73 Å². The molecule has 0 aromatic heterocycles. The van der Waals surface area contributed by atoms with Gasteiger partial charge in [-0.1, -0.05) is 12.8 Å². The number of hydrogen-bond donors (Lipinski definition) is 2. The molecule has 1 aliphatic rings. The predicted octanol–water partition coefficient (Wildman–Crippen LogP) is 1.60. The number of amides is 2. The zero-order chi connectivity index (χ0) is 14.4. The molecule has 108 valence electrons. The van der Waals surface area contributed by atoms with Gasteiger partial charge in [0.05, 0.1) is 6.54 Å². The van der Waals surface area contributed by atoms with Crippen LogP contribution in [0.1, 0.15) is 36.0 Å². The van der Waals surface area contributed by atoms with Crippen molar-refractivity contribution in [2.75, 3.05) is 25.0 Å². The van der Waals surface area contributed by atoms with Crippen molar-refractivity contribution in [1.29, 1.82) is 0 Å². The Hall–Kier alpha value is -1.88. The van der Waals surface area contributed by atoms with Crippen molar-refractivity contribution in [2.24, 2.45) is 5.73 Å². The van der Waals surface area contributed by atoms with E-state index in [1.54, 1.807) is 24.3 Å². The Morgan fingerprint density at radius 3 is 2.20 bits per heavy atom. The van der Waals surface area contributed by atoms with Crippen LogP contribution < -0.4 is 11.1 Å². The number of nitrogens with zero attached hydrogens (tertiary/aromatic N) is 1. The standard InChI is InChI=1S/C15H21N3O2/c16-15(20)12-5-7-13(8-6-12)17-14(19)11-18-9-3-1-2-4-10-18/h5-8H,1-4,9-11H2,(H2,16,20)(H,17,19). The lowest BCUT2D eigenvalue weighted by Gasteiger charge is -2.18. The number of primary amides is 1. The number of nitrogens with two attached hydrogens (primary N) is 1. The first-order valence-electron chi connectivity index (χ1n) is 7.07. The maximum atomic E-state index is 12.0. The van der Waals surface area contributed by atoms with Gasteiger partial charge in [-0.2, -0.15) is 0 Å². The molecule has 1 aliphatic heterocycles. The molecule has 0 aliphatic carbocycles. The summed E-state index contributed by atoms with van der Waals surface area (Å²) < 4.78 is 0. The fourth-order valence-corrected chi connectivity index (χ4v) is 2.42. The van der Waals surface area contributed by atoms with Crippen molar-refractivity contribution in [3.63, 3.8) is 0 Å². The summed E-state index contributed by atoms with van der Waals surface area (Å²) in [6.45, 7) is 2.42. The van der Waals surface area contributed by atoms with Crippen molar-refractivity contribution in [2.45, 2.75) is 25.7 Å². The van der Waals surface area contributed by atoms with E-state index in [-0.39, 0.29) is 5.91 Å². The smallest absolute Gasteiger partial charge is 0.248 e. The van der Waals surface area contributed by atoms with Crippen molar-refractivity contribution in [3.05, 3.63) is 29.8 Å². The minimum Gasteiger partial charge on any atom is -0.366 e. The van der Waals surface area contributed by atoms with Crippen LogP contribution in [0.5, 0.6) is 0 Å². The maximum Gasteiger partial charge on any atom is 0.248 e. The van der Waals surface area contributed by atoms with Gasteiger partial charge >= 0.3 is 0 Å². The Bertz CT molecular complexity index is 463. The van der Waals surface area contributed by atoms with Gasteiger partial charge < -0.3 is 11.1 Å². The van der Waals surface area contributed by atoms with Crippen LogP contribution in [0, 0.1) is 0 Å². The number of benzene rings is 1. The highest BCUT2D eigenvalue weighted by Gasteiger charge is 2.13. The van der Waals surface area contributed by atoms with Gasteiger partial charge in [-0.05, 0) is 50.2 Å². The maximum absolute atomic E-state index is 12.0. The molecule has 0 bridgehead atoms. The summed E-state index contributed by atoms with van der Waals surface area (Å²) >= 11 is 0. The van der Waals surface area contributed by atoms with Gasteiger partial charge in [0.2, 0.25) is 11.8 Å². The Morgan fingerprint density at radius 1 is 1.05 bits per heavy atom. The second kappa shape index (κ2) is 7.05. The molecule has 0 saturated carbocycles. The van der Waals surface area contributed by atoms with Crippen molar-refractivity contribution >= 4 is 17.5 Å². The molecule has 5 nitrogen and oxygen atoms in total. The molecule has 1 aromatic rings. The lowest BCUT2D eigenvalue weighted by atomic mass is 10.2. The van der Waals surface area contributed by atoms with Gasteiger partial charge in [-0.25, -0.2) is 0 Å². The molecule has 5 heteroatoms. The lowest BCUT2D eigenvalue weighted by Crippen LogP contribution is -2.33. The van der Waals surface area contributed by atoms with Crippen molar-refractivity contribution in [3.8, 4) is 0 Å². The average Bonchev–Trinajstić information content (AvgIpc) is 2.68. The number of hydrogen-bond acceptors (Lipinski definition) is 3. The van der Waals surface area contributed by atoms with Crippen molar-refractivity contribution in [1.82, 2.24) is 4.90 Å². The van der Waals surface area contributed by atoms with E-state index in [1.165, 1.54) is 25.7 Å². The Kier molecular flexibility index (Phi) is 5.12. The predicted molar refractivity (Wildman–Crippen MR) is 78.5 cm³/mol. The van der Waals surface area contributed by atoms with Crippen LogP contribution in [0.15, 0.2) is 24.3 Å². The van der Waals surface area contributed by atoms with Crippen LogP contribution in [0.4, 0.5) is 5.69 Å². The summed E-state index contributed by atoms with van der Waals surface area (Å²) in [6.07, 6.45) is 4.85. The third-order valence-corrected chi connectivity index (χ3v) is 3.52. The van der Waals surface area contributed by atoms with Crippen LogP contribution in [0.25, 0.3) is 0 Å². The van der Waals surface area contributed by atoms with E-state index in [2.05, 4.69) is 10.2 Å². The quantitative estimate of drug-likeness (QED) is 0.876. The van der Waals surface area contributed by atoms with Crippen molar-refractivity contribution < 1.29 is 9.59 Å². The van der Waals surface area contributed by atoms with Crippen LogP contribution in [-0.4, -0.2) is 36.3 Å². The molecule has 1 fully saturated rings. The number of carbonyl (C=O) groups excluding carboxylic acids is 2. The molecule has 0 radical (unpaired) electrons. The number of carbonyl (C=O) groups is 2. The first kappa shape index (κ1) is 14.5. The summed E-state index contributed by atoms with van der Waals surface area (Å²) in [5.41, 5.74) is 6.30. The molecule has 0 spiro atoms. The lowest BCUT2D eigenvalue weighted by molar-refractivity contribution is -0.117. The molecule has 3 N–H and O–H groups in total. The van der Waals surface area contributed by atoms with Gasteiger partial charge in [0, 0.05) is 11.3 Å². The second-order valence-electron chi connectivity index (χ2n) is 5.18. The number of likely N-dealkylation sites (tertiary alicyclic amines) is 1. The molecule has 2 rings (SSSR count). The molecule has 2 amide bonds. The highest BCUT2D eigenvalue weighted by molar-refractivity contribution is 5.95. The summed E-state index contributed by atoms with van der Waals surface area (Å²) in [7, 11) is 0. The number of rotatable bonds is 4. The Balaban J connectivity index is 1.85. The SMILES string of the molecule is NC(=O)c1ccc(NC(=O)CN2CCCCCC2)cc1. The van der Waals surface area contributed by atoms with Gasteiger partial charge in [0.25, 0.3) is 0 Å². The van der Waals surface area contributed by atoms with Gasteiger partial charge in [0.15, 0.2) is 0 Å². The fourth-order valence-electron chi connectivity index (χ4n) is 2.42. The zero-order valence-corrected chi connectivity index (χ0v) is 11.6. The molecule has 1 saturated heterocycles. The van der Waals surface area contributed by atoms with Gasteiger partial charge in [0.1, 0.15) is 0 Å². The molecule has 1 aromatic carbocycles. The molecule has 1 heterocycles. The minimum atomic E-state index is -0.465. The highest BCUT2D eigenvalue weighted by Crippen LogP contribution is 2.11. The third kappa shape index (κ3) is 4.35. The summed E-state index contributed by atoms with van der Waals surface area (Å²) in [5.74, 6) is -0.480. The summed E-state index contributed by atoms with van der Waals surface area (Å²) in [6, 6.07) is 6.62. The van der Waals surface area contributed by atoms with Crippen LogP contribution >= 0.6 is 0 Å². The molecule has 20 heavy (non-hydrogen) atoms. The van der Waals surface area contributed by atoms with Gasteiger partial charge in [-0.3, -0.25) is 14.5 Å². The van der Waals surface area contributed by atoms with E-state index in [0.29, 0.717) is 17.8 Å². The summed E-state index contributed by atoms with van der Waals surface area (Å²) in [5, 5.41) is 2.84. The normalized spacial score (nSPS) is 16.4. The zero-order valence-electron chi connectivity index (χ0n) is 11.6. The Morgan fingerprint density at radius 2 is 1.65 bits per heavy atom. The average molecular weight is 275 g/mol. The number of anilines is 1. The highest BCUT2D eigenvalue weighted by atomic mass is 16.2. The van der Waals surface area contributed by atoms with E-state index >= 15 is 0 Å². The van der Waals surface area contributed by atoms with E-state index in [9.17, 15) is 9.59 Å². The van der Waals surface area contributed by atoms with E-state index in [1.807, 2.05) is 0 Å². The van der Waals surface area contributed by atoms with E-state index in [0.717, 1.165) is 13.1 Å². The topological polar surface area (TPSA) is 75.4 Å². The van der Waals surface area contributed by atoms with Crippen LogP contribution in [0.2, 0.25) is 0 Å². The molecular formula is C15H21N3O2. The Labute approximate surface area is 119 Å². The largest absolute Gasteiger partial charge is 0.366 e. The van der Waals surface area contributed by atoms with Crippen LogP contribution in [0.3, 0.4) is 0 Å². The summed E-state index contributed by atoms with van der Waals surface area (Å²) in [4.78, 5) is 25.1. The third-order valence-electron chi connectivity index (χ3n) is 3.52. The molecular weight excluding hydrogens is 254 g/mol. The molecule has 0 unspecified atom stereocenters. The van der Waals surface area contributed by atoms with Gasteiger partial charge in [-0.15, -0.1) is 0 Å². The fraction of sp³-hybridized carbons (Fsp3) is 0.467. The second-order valence-corrected chi connectivity index (χ2v) is 5.18. The molecule has 0 atom stereocenters. The number of nitrogens with one attached hydrogen (secondary N) is 1. The van der Waals surface area contributed by atoms with Crippen LogP contribution in [-0.2, 0) is 4.79 Å². The first-order chi connectivity index (χ1) is 9.65.